The molecule has 3 rings (SSSR count). The number of benzene rings is 2. The highest BCUT2D eigenvalue weighted by Crippen LogP contribution is 2.40. The van der Waals surface area contributed by atoms with Crippen molar-refractivity contribution in [3.8, 4) is 5.75 Å². The van der Waals surface area contributed by atoms with Crippen molar-refractivity contribution in [2.24, 2.45) is 0 Å². The molecular weight excluding hydrogens is 360 g/mol. The van der Waals surface area contributed by atoms with Crippen molar-refractivity contribution >= 4 is 23.1 Å². The molecular formula is C22H20O6. The van der Waals surface area contributed by atoms with Gasteiger partial charge in [0.15, 0.2) is 11.5 Å². The first-order chi connectivity index (χ1) is 13.5. The van der Waals surface area contributed by atoms with E-state index in [1.807, 2.05) is 19.1 Å². The highest BCUT2D eigenvalue weighted by atomic mass is 16.6. The molecule has 0 N–H and O–H groups in total. The summed E-state index contributed by atoms with van der Waals surface area (Å²) in [6, 6.07) is 14.3. The molecule has 2 aromatic carbocycles. The van der Waals surface area contributed by atoms with Crippen LogP contribution < -0.4 is 4.74 Å². The number of carbonyl (C=O) groups is 2. The Hall–Kier alpha value is -3.54. The van der Waals surface area contributed by atoms with E-state index in [0.717, 1.165) is 5.56 Å². The lowest BCUT2D eigenvalue weighted by Gasteiger charge is -2.13. The molecule has 6 heteroatoms. The number of para-hydroxylation sites is 1. The van der Waals surface area contributed by atoms with Gasteiger partial charge in [0.2, 0.25) is 0 Å². The van der Waals surface area contributed by atoms with Gasteiger partial charge in [0.25, 0.3) is 0 Å². The Morgan fingerprint density at radius 3 is 2.21 bits per heavy atom. The number of esters is 2. The van der Waals surface area contributed by atoms with E-state index in [1.54, 1.807) is 36.4 Å². The van der Waals surface area contributed by atoms with Crippen molar-refractivity contribution in [2.45, 2.75) is 6.92 Å². The van der Waals surface area contributed by atoms with Crippen molar-refractivity contribution in [1.82, 2.24) is 0 Å². The first-order valence-corrected chi connectivity index (χ1v) is 8.55. The lowest BCUT2D eigenvalue weighted by atomic mass is 10.00. The van der Waals surface area contributed by atoms with Crippen molar-refractivity contribution in [2.75, 3.05) is 21.3 Å². The van der Waals surface area contributed by atoms with E-state index in [0.29, 0.717) is 16.9 Å². The fourth-order valence-electron chi connectivity index (χ4n) is 3.00. The van der Waals surface area contributed by atoms with Crippen LogP contribution in [0.2, 0.25) is 0 Å². The molecule has 1 aliphatic rings. The molecule has 0 spiro atoms. The van der Waals surface area contributed by atoms with Gasteiger partial charge in [-0.05, 0) is 18.6 Å². The quantitative estimate of drug-likeness (QED) is 0.584. The Morgan fingerprint density at radius 1 is 0.929 bits per heavy atom. The lowest BCUT2D eigenvalue weighted by Crippen LogP contribution is -2.10. The van der Waals surface area contributed by atoms with Crippen LogP contribution >= 0.6 is 0 Å². The standard InChI is InChI=1S/C22H20O6/c1-13-9-11-14(12-10-13)17-19(26-3)20(28-22(17)24)18(21(23)27-4)15-7-5-6-8-16(15)25-2/h5-12H,1-4H3/b20-18+. The van der Waals surface area contributed by atoms with Crippen LogP contribution in [0.3, 0.4) is 0 Å². The first-order valence-electron chi connectivity index (χ1n) is 8.55. The summed E-state index contributed by atoms with van der Waals surface area (Å²) in [5.41, 5.74) is 2.40. The topological polar surface area (TPSA) is 71.1 Å². The Morgan fingerprint density at radius 2 is 1.61 bits per heavy atom. The second kappa shape index (κ2) is 8.00. The van der Waals surface area contributed by atoms with Gasteiger partial charge in [0, 0.05) is 5.56 Å². The summed E-state index contributed by atoms with van der Waals surface area (Å²) in [5, 5.41) is 0. The summed E-state index contributed by atoms with van der Waals surface area (Å²) >= 11 is 0. The normalized spacial score (nSPS) is 15.2. The van der Waals surface area contributed by atoms with Crippen molar-refractivity contribution in [3.05, 3.63) is 76.7 Å². The third-order valence-electron chi connectivity index (χ3n) is 4.37. The zero-order valence-electron chi connectivity index (χ0n) is 16.1. The molecule has 0 saturated heterocycles. The fraction of sp³-hybridized carbons (Fsp3) is 0.182. The van der Waals surface area contributed by atoms with Crippen LogP contribution in [0.5, 0.6) is 5.75 Å². The molecule has 0 atom stereocenters. The molecule has 0 aromatic heterocycles. The summed E-state index contributed by atoms with van der Waals surface area (Å²) in [6.07, 6.45) is 0. The van der Waals surface area contributed by atoms with Crippen LogP contribution in [-0.4, -0.2) is 33.3 Å². The van der Waals surface area contributed by atoms with Gasteiger partial charge in [-0.1, -0.05) is 48.0 Å². The molecule has 0 saturated carbocycles. The maximum Gasteiger partial charge on any atom is 0.348 e. The summed E-state index contributed by atoms with van der Waals surface area (Å²) in [6.45, 7) is 1.95. The number of hydrogen-bond acceptors (Lipinski definition) is 6. The fourth-order valence-corrected chi connectivity index (χ4v) is 3.00. The Labute approximate surface area is 163 Å². The molecule has 144 valence electrons. The number of hydrogen-bond donors (Lipinski definition) is 0. The van der Waals surface area contributed by atoms with Crippen LogP contribution in [-0.2, 0) is 23.8 Å². The molecule has 0 radical (unpaired) electrons. The number of aryl methyl sites for hydroxylation is 1. The van der Waals surface area contributed by atoms with Crippen molar-refractivity contribution in [3.63, 3.8) is 0 Å². The molecule has 1 aliphatic heterocycles. The third kappa shape index (κ3) is 3.36. The molecule has 0 aliphatic carbocycles. The predicted molar refractivity (Wildman–Crippen MR) is 103 cm³/mol. The summed E-state index contributed by atoms with van der Waals surface area (Å²) in [7, 11) is 4.17. The third-order valence-corrected chi connectivity index (χ3v) is 4.37. The summed E-state index contributed by atoms with van der Waals surface area (Å²) in [4.78, 5) is 25.3. The zero-order valence-corrected chi connectivity index (χ0v) is 16.1. The molecule has 0 fully saturated rings. The highest BCUT2D eigenvalue weighted by molar-refractivity contribution is 6.25. The van der Waals surface area contributed by atoms with E-state index < -0.39 is 11.9 Å². The smallest absolute Gasteiger partial charge is 0.348 e. The Bertz CT molecular complexity index is 982. The van der Waals surface area contributed by atoms with E-state index in [9.17, 15) is 9.59 Å². The van der Waals surface area contributed by atoms with Gasteiger partial charge in [0.05, 0.1) is 21.3 Å². The average Bonchev–Trinajstić information content (AvgIpc) is 3.04. The molecule has 0 unspecified atom stereocenters. The minimum absolute atomic E-state index is 0.000532. The molecule has 1 heterocycles. The first kappa shape index (κ1) is 19.2. The second-order valence-electron chi connectivity index (χ2n) is 6.06. The minimum Gasteiger partial charge on any atom is -0.496 e. The SMILES string of the molecule is COC(=O)/C(=C1/OC(=O)C(c2ccc(C)cc2)=C1OC)c1ccccc1OC. The maximum absolute atomic E-state index is 12.7. The number of cyclic esters (lactones) is 1. The van der Waals surface area contributed by atoms with Gasteiger partial charge < -0.3 is 18.9 Å². The van der Waals surface area contributed by atoms with Crippen LogP contribution in [0.25, 0.3) is 11.1 Å². The Kier molecular flexibility index (Phi) is 5.49. The van der Waals surface area contributed by atoms with E-state index in [1.165, 1.54) is 21.3 Å². The maximum atomic E-state index is 12.7. The minimum atomic E-state index is -0.674. The van der Waals surface area contributed by atoms with Crippen molar-refractivity contribution in [1.29, 1.82) is 0 Å². The number of rotatable bonds is 5. The van der Waals surface area contributed by atoms with Crippen LogP contribution in [0, 0.1) is 6.92 Å². The van der Waals surface area contributed by atoms with Crippen LogP contribution in [0.4, 0.5) is 0 Å². The predicted octanol–water partition coefficient (Wildman–Crippen LogP) is 3.50. The molecule has 28 heavy (non-hydrogen) atoms. The highest BCUT2D eigenvalue weighted by Gasteiger charge is 2.37. The van der Waals surface area contributed by atoms with Gasteiger partial charge >= 0.3 is 11.9 Å². The number of carbonyl (C=O) groups excluding carboxylic acids is 2. The van der Waals surface area contributed by atoms with Crippen molar-refractivity contribution < 1.29 is 28.5 Å². The van der Waals surface area contributed by atoms with E-state index in [-0.39, 0.29) is 22.7 Å². The molecule has 6 nitrogen and oxygen atoms in total. The van der Waals surface area contributed by atoms with E-state index in [2.05, 4.69) is 0 Å². The van der Waals surface area contributed by atoms with Gasteiger partial charge in [-0.2, -0.15) is 0 Å². The average molecular weight is 380 g/mol. The van der Waals surface area contributed by atoms with E-state index >= 15 is 0 Å². The van der Waals surface area contributed by atoms with Gasteiger partial charge in [-0.25, -0.2) is 9.59 Å². The number of methoxy groups -OCH3 is 3. The van der Waals surface area contributed by atoms with Crippen LogP contribution in [0.1, 0.15) is 16.7 Å². The largest absolute Gasteiger partial charge is 0.496 e. The van der Waals surface area contributed by atoms with Gasteiger partial charge in [-0.15, -0.1) is 0 Å². The second-order valence-corrected chi connectivity index (χ2v) is 6.06. The Balaban J connectivity index is 2.29. The summed E-state index contributed by atoms with van der Waals surface area (Å²) in [5.74, 6) is -0.677. The van der Waals surface area contributed by atoms with E-state index in [4.69, 9.17) is 18.9 Å². The molecule has 0 bridgehead atoms. The molecule has 2 aromatic rings. The van der Waals surface area contributed by atoms with Gasteiger partial charge in [0.1, 0.15) is 16.9 Å². The number of ether oxygens (including phenoxy) is 4. The molecule has 0 amide bonds. The monoisotopic (exact) mass is 380 g/mol. The zero-order chi connectivity index (χ0) is 20.3. The summed E-state index contributed by atoms with van der Waals surface area (Å²) < 4.78 is 21.3. The van der Waals surface area contributed by atoms with Crippen LogP contribution in [0.15, 0.2) is 60.0 Å². The van der Waals surface area contributed by atoms with Gasteiger partial charge in [-0.3, -0.25) is 0 Å². The lowest BCUT2D eigenvalue weighted by molar-refractivity contribution is -0.134.